The molecule has 0 saturated carbocycles. The van der Waals surface area contributed by atoms with Crippen molar-refractivity contribution < 1.29 is 14.0 Å². The minimum atomic E-state index is -0.527. The van der Waals surface area contributed by atoms with Crippen LogP contribution in [-0.4, -0.2) is 39.7 Å². The number of aryl methyl sites for hydroxylation is 1. The monoisotopic (exact) mass is 389 g/mol. The highest BCUT2D eigenvalue weighted by atomic mass is 19.1. The molecule has 0 fully saturated rings. The number of nitrogens with zero attached hydrogens (tertiary/aromatic N) is 3. The topological polar surface area (TPSA) is 79.3 Å². The van der Waals surface area contributed by atoms with Gasteiger partial charge in [0.25, 0.3) is 0 Å². The Kier molecular flexibility index (Phi) is 6.77. The van der Waals surface area contributed by atoms with Crippen LogP contribution in [0.5, 0.6) is 0 Å². The summed E-state index contributed by atoms with van der Waals surface area (Å²) in [7, 11) is 1.75. The van der Waals surface area contributed by atoms with Gasteiger partial charge in [0.2, 0.25) is 5.91 Å². The molecule has 1 aromatic carbocycles. The van der Waals surface area contributed by atoms with Gasteiger partial charge in [-0.05, 0) is 18.6 Å². The zero-order valence-corrected chi connectivity index (χ0v) is 17.0. The molecule has 0 bridgehead atoms. The molecular weight excluding hydrogens is 361 g/mol. The molecule has 2 rings (SSSR count). The molecule has 8 heteroatoms. The van der Waals surface area contributed by atoms with E-state index in [0.29, 0.717) is 18.8 Å². The molecule has 152 valence electrons. The summed E-state index contributed by atoms with van der Waals surface area (Å²) < 4.78 is 15.4. The van der Waals surface area contributed by atoms with E-state index in [2.05, 4.69) is 15.7 Å². The average Bonchev–Trinajstić information content (AvgIpc) is 2.97. The lowest BCUT2D eigenvalue weighted by Crippen LogP contribution is -2.41. The van der Waals surface area contributed by atoms with Gasteiger partial charge < -0.3 is 15.5 Å². The van der Waals surface area contributed by atoms with Crippen LogP contribution >= 0.6 is 0 Å². The number of hydrogen-bond donors (Lipinski definition) is 2. The molecule has 1 aromatic heterocycles. The second-order valence-electron chi connectivity index (χ2n) is 7.67. The van der Waals surface area contributed by atoms with Gasteiger partial charge >= 0.3 is 6.03 Å². The Bertz CT molecular complexity index is 841. The number of carbonyl (C=O) groups excluding carboxylic acids is 2. The Labute approximate surface area is 164 Å². The highest BCUT2D eigenvalue weighted by Gasteiger charge is 2.21. The van der Waals surface area contributed by atoms with E-state index in [1.54, 1.807) is 23.9 Å². The molecule has 2 aromatic rings. The number of hydrogen-bond acceptors (Lipinski definition) is 3. The summed E-state index contributed by atoms with van der Waals surface area (Å²) in [6, 6.07) is 7.21. The maximum Gasteiger partial charge on any atom is 0.322 e. The van der Waals surface area contributed by atoms with Crippen molar-refractivity contribution in [1.29, 1.82) is 0 Å². The maximum absolute atomic E-state index is 13.8. The number of nitrogens with one attached hydrogen (secondary N) is 2. The van der Waals surface area contributed by atoms with Crippen LogP contribution in [0.25, 0.3) is 0 Å². The van der Waals surface area contributed by atoms with Crippen molar-refractivity contribution >= 4 is 23.4 Å². The molecule has 1 heterocycles. The first-order valence-corrected chi connectivity index (χ1v) is 9.26. The lowest BCUT2D eigenvalue weighted by molar-refractivity contribution is -0.116. The van der Waals surface area contributed by atoms with Crippen LogP contribution < -0.4 is 10.6 Å². The van der Waals surface area contributed by atoms with Crippen molar-refractivity contribution in [2.45, 2.75) is 39.5 Å². The quantitative estimate of drug-likeness (QED) is 0.790. The highest BCUT2D eigenvalue weighted by molar-refractivity contribution is 5.96. The van der Waals surface area contributed by atoms with Gasteiger partial charge in [-0.3, -0.25) is 9.48 Å². The molecule has 0 aliphatic heterocycles. The van der Waals surface area contributed by atoms with Gasteiger partial charge in [0.15, 0.2) is 0 Å². The number of carbonyl (C=O) groups is 2. The van der Waals surface area contributed by atoms with Crippen LogP contribution in [0.1, 0.15) is 39.8 Å². The van der Waals surface area contributed by atoms with Gasteiger partial charge in [-0.1, -0.05) is 39.8 Å². The molecule has 0 aliphatic carbocycles. The van der Waals surface area contributed by atoms with E-state index in [1.807, 2.05) is 33.8 Å². The fourth-order valence-corrected chi connectivity index (χ4v) is 2.59. The molecule has 7 nitrogen and oxygen atoms in total. The molecule has 0 radical (unpaired) electrons. The first-order chi connectivity index (χ1) is 13.1. The molecule has 28 heavy (non-hydrogen) atoms. The second-order valence-corrected chi connectivity index (χ2v) is 7.67. The van der Waals surface area contributed by atoms with E-state index < -0.39 is 11.8 Å². The van der Waals surface area contributed by atoms with Crippen LogP contribution in [0.3, 0.4) is 0 Å². The third kappa shape index (κ3) is 5.55. The Morgan fingerprint density at radius 1 is 1.21 bits per heavy atom. The minimum Gasteiger partial charge on any atom is -0.315 e. The normalized spacial score (nSPS) is 11.2. The largest absolute Gasteiger partial charge is 0.322 e. The summed E-state index contributed by atoms with van der Waals surface area (Å²) in [6.07, 6.45) is 0.665. The molecule has 0 spiro atoms. The van der Waals surface area contributed by atoms with Gasteiger partial charge in [-0.15, -0.1) is 0 Å². The van der Waals surface area contributed by atoms with Gasteiger partial charge in [0, 0.05) is 25.1 Å². The van der Waals surface area contributed by atoms with Crippen LogP contribution in [0.15, 0.2) is 30.3 Å². The zero-order valence-electron chi connectivity index (χ0n) is 17.0. The Balaban J connectivity index is 2.05. The lowest BCUT2D eigenvalue weighted by Gasteiger charge is -2.22. The first kappa shape index (κ1) is 21.4. The molecule has 0 aliphatic rings. The number of urea groups is 1. The fraction of sp³-hybridized carbons (Fsp3) is 0.450. The highest BCUT2D eigenvalue weighted by Crippen LogP contribution is 2.23. The SMILES string of the molecule is CCCN(CC(=O)Nc1cc(C(C)(C)C)nn1C)C(=O)Nc1ccccc1F. The molecule has 0 saturated heterocycles. The van der Waals surface area contributed by atoms with E-state index in [0.717, 1.165) is 5.69 Å². The van der Waals surface area contributed by atoms with E-state index in [4.69, 9.17) is 0 Å². The van der Waals surface area contributed by atoms with Crippen molar-refractivity contribution in [2.75, 3.05) is 23.7 Å². The predicted molar refractivity (Wildman–Crippen MR) is 108 cm³/mol. The van der Waals surface area contributed by atoms with Gasteiger partial charge in [0.1, 0.15) is 18.2 Å². The van der Waals surface area contributed by atoms with Crippen molar-refractivity contribution in [2.24, 2.45) is 7.05 Å². The summed E-state index contributed by atoms with van der Waals surface area (Å²) in [4.78, 5) is 26.3. The lowest BCUT2D eigenvalue weighted by atomic mass is 9.92. The molecule has 0 atom stereocenters. The maximum atomic E-state index is 13.8. The zero-order chi connectivity index (χ0) is 20.9. The number of benzene rings is 1. The number of para-hydroxylation sites is 1. The van der Waals surface area contributed by atoms with E-state index >= 15 is 0 Å². The number of anilines is 2. The number of rotatable bonds is 6. The van der Waals surface area contributed by atoms with Crippen LogP contribution in [0, 0.1) is 5.82 Å². The Hall–Kier alpha value is -2.90. The third-order valence-corrected chi connectivity index (χ3v) is 4.15. The summed E-state index contributed by atoms with van der Waals surface area (Å²) in [5.41, 5.74) is 0.790. The van der Waals surface area contributed by atoms with Gasteiger partial charge in [-0.2, -0.15) is 5.10 Å². The number of halogens is 1. The average molecular weight is 389 g/mol. The summed E-state index contributed by atoms with van der Waals surface area (Å²) >= 11 is 0. The number of amides is 3. The molecular formula is C20H28FN5O2. The Morgan fingerprint density at radius 3 is 2.46 bits per heavy atom. The number of aromatic nitrogens is 2. The second kappa shape index (κ2) is 8.86. The predicted octanol–water partition coefficient (Wildman–Crippen LogP) is 3.74. The van der Waals surface area contributed by atoms with Crippen molar-refractivity contribution in [1.82, 2.24) is 14.7 Å². The van der Waals surface area contributed by atoms with Crippen molar-refractivity contribution in [3.05, 3.63) is 41.8 Å². The van der Waals surface area contributed by atoms with E-state index in [1.165, 1.54) is 17.0 Å². The molecule has 0 unspecified atom stereocenters. The van der Waals surface area contributed by atoms with Crippen LogP contribution in [0.4, 0.5) is 20.7 Å². The minimum absolute atomic E-state index is 0.0791. The van der Waals surface area contributed by atoms with Crippen molar-refractivity contribution in [3.8, 4) is 0 Å². The van der Waals surface area contributed by atoms with E-state index in [-0.39, 0.29) is 23.6 Å². The van der Waals surface area contributed by atoms with Gasteiger partial charge in [-0.25, -0.2) is 9.18 Å². The van der Waals surface area contributed by atoms with Crippen molar-refractivity contribution in [3.63, 3.8) is 0 Å². The standard InChI is InChI=1S/C20H28FN5O2/c1-6-11-26(19(28)22-15-10-8-7-9-14(15)21)13-18(27)23-17-12-16(20(2,3)4)24-25(17)5/h7-10,12H,6,11,13H2,1-5H3,(H,22,28)(H,23,27). The third-order valence-electron chi connectivity index (χ3n) is 4.15. The van der Waals surface area contributed by atoms with Gasteiger partial charge in [0.05, 0.1) is 11.4 Å². The summed E-state index contributed by atoms with van der Waals surface area (Å²) in [6.45, 7) is 8.24. The fourth-order valence-electron chi connectivity index (χ4n) is 2.59. The molecule has 3 amide bonds. The summed E-state index contributed by atoms with van der Waals surface area (Å²) in [5.74, 6) is -0.317. The van der Waals surface area contributed by atoms with Crippen LogP contribution in [0.2, 0.25) is 0 Å². The first-order valence-electron chi connectivity index (χ1n) is 9.26. The summed E-state index contributed by atoms with van der Waals surface area (Å²) in [5, 5.41) is 9.72. The van der Waals surface area contributed by atoms with Crippen LogP contribution in [-0.2, 0) is 17.3 Å². The molecule has 2 N–H and O–H groups in total. The smallest absolute Gasteiger partial charge is 0.315 e. The Morgan fingerprint density at radius 2 is 1.89 bits per heavy atom. The van der Waals surface area contributed by atoms with E-state index in [9.17, 15) is 14.0 Å².